The number of aryl methyl sites for hydroxylation is 1. The number of hydrogen-bond acceptors (Lipinski definition) is 6. The zero-order chi connectivity index (χ0) is 16.2. The molecule has 0 spiro atoms. The second-order valence-corrected chi connectivity index (χ2v) is 5.30. The summed E-state index contributed by atoms with van der Waals surface area (Å²) in [5, 5.41) is 7.34. The van der Waals surface area contributed by atoms with Gasteiger partial charge in [-0.1, -0.05) is 17.3 Å². The Hall–Kier alpha value is -2.60. The lowest BCUT2D eigenvalue weighted by atomic mass is 10.2. The molecule has 2 heterocycles. The second kappa shape index (κ2) is 6.66. The fourth-order valence-electron chi connectivity index (χ4n) is 2.21. The number of hydrogen-bond donors (Lipinski definition) is 1. The average molecular weight is 313 g/mol. The highest BCUT2D eigenvalue weighted by atomic mass is 16.5. The summed E-state index contributed by atoms with van der Waals surface area (Å²) in [6, 6.07) is 11.4. The molecule has 0 saturated heterocycles. The van der Waals surface area contributed by atoms with Crippen molar-refractivity contribution in [1.82, 2.24) is 15.5 Å². The molecule has 1 N–H and O–H groups in total. The van der Waals surface area contributed by atoms with Crippen LogP contribution in [0.3, 0.4) is 0 Å². The largest absolute Gasteiger partial charge is 0.497 e. The molecule has 6 heteroatoms. The van der Waals surface area contributed by atoms with Crippen molar-refractivity contribution in [1.29, 1.82) is 0 Å². The zero-order valence-electron chi connectivity index (χ0n) is 13.4. The smallest absolute Gasteiger partial charge is 0.243 e. The molecular weight excluding hydrogens is 294 g/mol. The van der Waals surface area contributed by atoms with Crippen LogP contribution in [-0.4, -0.2) is 17.3 Å². The van der Waals surface area contributed by atoms with E-state index in [1.807, 2.05) is 50.2 Å². The number of aromatic nitrogens is 2. The maximum Gasteiger partial charge on any atom is 0.243 e. The van der Waals surface area contributed by atoms with Gasteiger partial charge in [-0.15, -0.1) is 0 Å². The lowest BCUT2D eigenvalue weighted by Crippen LogP contribution is -2.18. The van der Waals surface area contributed by atoms with E-state index in [4.69, 9.17) is 13.7 Å². The van der Waals surface area contributed by atoms with Gasteiger partial charge in [0.05, 0.1) is 19.7 Å². The Morgan fingerprint density at radius 2 is 2.13 bits per heavy atom. The molecule has 0 aliphatic heterocycles. The van der Waals surface area contributed by atoms with Gasteiger partial charge in [0.1, 0.15) is 17.3 Å². The minimum atomic E-state index is -0.0766. The normalized spacial score (nSPS) is 12.3. The summed E-state index contributed by atoms with van der Waals surface area (Å²) in [5.41, 5.74) is 0.855. The quantitative estimate of drug-likeness (QED) is 0.751. The van der Waals surface area contributed by atoms with Gasteiger partial charge in [-0.05, 0) is 38.1 Å². The molecule has 1 atom stereocenters. The van der Waals surface area contributed by atoms with E-state index in [-0.39, 0.29) is 6.04 Å². The summed E-state index contributed by atoms with van der Waals surface area (Å²) < 4.78 is 16.1. The van der Waals surface area contributed by atoms with E-state index in [1.165, 1.54) is 0 Å². The third kappa shape index (κ3) is 3.60. The maximum atomic E-state index is 5.53. The van der Waals surface area contributed by atoms with E-state index in [2.05, 4.69) is 15.5 Å². The molecule has 1 aromatic carbocycles. The van der Waals surface area contributed by atoms with Gasteiger partial charge in [0.15, 0.2) is 0 Å². The van der Waals surface area contributed by atoms with Gasteiger partial charge in [-0.3, -0.25) is 5.32 Å². The van der Waals surface area contributed by atoms with Crippen molar-refractivity contribution in [2.45, 2.75) is 26.4 Å². The Bertz CT molecular complexity index is 779. The van der Waals surface area contributed by atoms with E-state index < -0.39 is 0 Å². The highest BCUT2D eigenvalue weighted by Crippen LogP contribution is 2.22. The van der Waals surface area contributed by atoms with E-state index in [0.717, 1.165) is 22.8 Å². The van der Waals surface area contributed by atoms with Crippen molar-refractivity contribution in [3.63, 3.8) is 0 Å². The number of benzene rings is 1. The monoisotopic (exact) mass is 313 g/mol. The van der Waals surface area contributed by atoms with E-state index in [9.17, 15) is 0 Å². The Morgan fingerprint density at radius 1 is 1.26 bits per heavy atom. The molecule has 2 aromatic heterocycles. The maximum absolute atomic E-state index is 5.53. The Morgan fingerprint density at radius 3 is 2.87 bits per heavy atom. The number of nitrogens with one attached hydrogen (secondary N) is 1. The molecule has 1 unspecified atom stereocenters. The summed E-state index contributed by atoms with van der Waals surface area (Å²) in [4.78, 5) is 4.45. The fraction of sp³-hybridized carbons (Fsp3) is 0.294. The first-order valence-corrected chi connectivity index (χ1v) is 7.42. The van der Waals surface area contributed by atoms with Gasteiger partial charge in [0, 0.05) is 5.56 Å². The molecule has 0 fully saturated rings. The first kappa shape index (κ1) is 15.3. The number of ether oxygens (including phenoxy) is 1. The predicted octanol–water partition coefficient (Wildman–Crippen LogP) is 3.50. The van der Waals surface area contributed by atoms with Gasteiger partial charge in [-0.25, -0.2) is 0 Å². The fourth-order valence-corrected chi connectivity index (χ4v) is 2.21. The highest BCUT2D eigenvalue weighted by molar-refractivity contribution is 5.56. The summed E-state index contributed by atoms with van der Waals surface area (Å²) in [6.07, 6.45) is 0. The summed E-state index contributed by atoms with van der Waals surface area (Å²) >= 11 is 0. The van der Waals surface area contributed by atoms with Gasteiger partial charge in [0.2, 0.25) is 11.7 Å². The molecule has 0 aliphatic carbocycles. The van der Waals surface area contributed by atoms with Crippen molar-refractivity contribution in [3.05, 3.63) is 53.8 Å². The van der Waals surface area contributed by atoms with Crippen LogP contribution in [0.5, 0.6) is 5.75 Å². The Labute approximate surface area is 134 Å². The number of methoxy groups -OCH3 is 1. The molecule has 120 valence electrons. The zero-order valence-corrected chi connectivity index (χ0v) is 13.4. The summed E-state index contributed by atoms with van der Waals surface area (Å²) in [5.74, 6) is 3.61. The first-order valence-electron chi connectivity index (χ1n) is 7.42. The van der Waals surface area contributed by atoms with E-state index in [0.29, 0.717) is 18.3 Å². The van der Waals surface area contributed by atoms with Gasteiger partial charge >= 0.3 is 0 Å². The summed E-state index contributed by atoms with van der Waals surface area (Å²) in [7, 11) is 1.63. The second-order valence-electron chi connectivity index (χ2n) is 5.30. The standard InChI is InChI=1S/C17H19N3O3/c1-11-7-8-15(22-11)10-18-12(2)17-19-16(20-23-17)13-5-4-6-14(9-13)21-3/h4-9,12,18H,10H2,1-3H3. The highest BCUT2D eigenvalue weighted by Gasteiger charge is 2.15. The van der Waals surface area contributed by atoms with Crippen molar-refractivity contribution in [2.24, 2.45) is 0 Å². The van der Waals surface area contributed by atoms with Crippen LogP contribution in [0.1, 0.15) is 30.4 Å². The van der Waals surface area contributed by atoms with Crippen LogP contribution in [0, 0.1) is 6.92 Å². The lowest BCUT2D eigenvalue weighted by molar-refractivity contribution is 0.332. The van der Waals surface area contributed by atoms with Crippen LogP contribution in [0.4, 0.5) is 0 Å². The number of rotatable bonds is 6. The summed E-state index contributed by atoms with van der Waals surface area (Å²) in [6.45, 7) is 4.50. The van der Waals surface area contributed by atoms with Crippen molar-refractivity contribution >= 4 is 0 Å². The van der Waals surface area contributed by atoms with Crippen LogP contribution >= 0.6 is 0 Å². The predicted molar refractivity (Wildman–Crippen MR) is 85.0 cm³/mol. The van der Waals surface area contributed by atoms with Crippen molar-refractivity contribution in [2.75, 3.05) is 7.11 Å². The molecule has 23 heavy (non-hydrogen) atoms. The molecule has 3 aromatic rings. The van der Waals surface area contributed by atoms with Crippen LogP contribution in [0.2, 0.25) is 0 Å². The molecule has 0 radical (unpaired) electrons. The molecule has 0 saturated carbocycles. The van der Waals surface area contributed by atoms with Gasteiger partial charge in [-0.2, -0.15) is 4.98 Å². The molecule has 0 bridgehead atoms. The van der Waals surface area contributed by atoms with Gasteiger partial charge < -0.3 is 13.7 Å². The van der Waals surface area contributed by atoms with Crippen LogP contribution in [0.15, 0.2) is 45.3 Å². The lowest BCUT2D eigenvalue weighted by Gasteiger charge is -2.07. The molecule has 3 rings (SSSR count). The van der Waals surface area contributed by atoms with Crippen LogP contribution in [-0.2, 0) is 6.54 Å². The molecule has 6 nitrogen and oxygen atoms in total. The van der Waals surface area contributed by atoms with Crippen LogP contribution in [0.25, 0.3) is 11.4 Å². The van der Waals surface area contributed by atoms with Crippen molar-refractivity contribution < 1.29 is 13.7 Å². The number of furan rings is 1. The Kier molecular flexibility index (Phi) is 4.43. The minimum Gasteiger partial charge on any atom is -0.497 e. The molecular formula is C17H19N3O3. The number of nitrogens with zero attached hydrogens (tertiary/aromatic N) is 2. The van der Waals surface area contributed by atoms with E-state index in [1.54, 1.807) is 7.11 Å². The van der Waals surface area contributed by atoms with Gasteiger partial charge in [0.25, 0.3) is 0 Å². The molecule has 0 aliphatic rings. The minimum absolute atomic E-state index is 0.0766. The SMILES string of the molecule is COc1cccc(-c2noc(C(C)NCc3ccc(C)o3)n2)c1. The van der Waals surface area contributed by atoms with Crippen LogP contribution < -0.4 is 10.1 Å². The van der Waals surface area contributed by atoms with E-state index >= 15 is 0 Å². The average Bonchev–Trinajstić information content (AvgIpc) is 3.22. The molecule has 0 amide bonds. The first-order chi connectivity index (χ1) is 11.2. The third-order valence-corrected chi connectivity index (χ3v) is 3.52. The topological polar surface area (TPSA) is 73.3 Å². The Balaban J connectivity index is 1.68. The van der Waals surface area contributed by atoms with Crippen molar-refractivity contribution in [3.8, 4) is 17.1 Å². The third-order valence-electron chi connectivity index (χ3n) is 3.52.